The van der Waals surface area contributed by atoms with Crippen LogP contribution in [0, 0.1) is 0 Å². The zero-order chi connectivity index (χ0) is 12.3. The maximum atomic E-state index is 11.6. The van der Waals surface area contributed by atoms with Gasteiger partial charge in [0.25, 0.3) is 5.56 Å². The lowest BCUT2D eigenvalue weighted by atomic mass is 10.2. The lowest BCUT2D eigenvalue weighted by Gasteiger charge is -2.04. The van der Waals surface area contributed by atoms with Gasteiger partial charge in [-0.2, -0.15) is 11.3 Å². The van der Waals surface area contributed by atoms with E-state index < -0.39 is 5.97 Å². The predicted molar refractivity (Wildman–Crippen MR) is 65.7 cm³/mol. The van der Waals surface area contributed by atoms with Crippen LogP contribution in [0.4, 0.5) is 0 Å². The average Bonchev–Trinajstić information content (AvgIpc) is 2.80. The number of hydrogen-bond donors (Lipinski definition) is 1. The largest absolute Gasteiger partial charge is 0.478 e. The number of thiophene rings is 1. The Labute approximate surface area is 102 Å². The summed E-state index contributed by atoms with van der Waals surface area (Å²) in [4.78, 5) is 22.3. The van der Waals surface area contributed by atoms with E-state index in [9.17, 15) is 9.59 Å². The number of pyridine rings is 1. The lowest BCUT2D eigenvalue weighted by Crippen LogP contribution is -2.21. The van der Waals surface area contributed by atoms with Gasteiger partial charge < -0.3 is 9.67 Å². The second-order valence-corrected chi connectivity index (χ2v) is 4.41. The molecule has 0 amide bonds. The molecule has 0 unspecified atom stereocenters. The van der Waals surface area contributed by atoms with Crippen molar-refractivity contribution in [2.45, 2.75) is 13.0 Å². The van der Waals surface area contributed by atoms with Crippen LogP contribution in [-0.4, -0.2) is 15.6 Å². The third-order valence-corrected chi connectivity index (χ3v) is 3.20. The van der Waals surface area contributed by atoms with Crippen molar-refractivity contribution in [3.63, 3.8) is 0 Å². The smallest absolute Gasteiger partial charge is 0.335 e. The molecule has 0 radical (unpaired) electrons. The lowest BCUT2D eigenvalue weighted by molar-refractivity contribution is 0.0696. The van der Waals surface area contributed by atoms with Crippen LogP contribution in [0.15, 0.2) is 40.0 Å². The van der Waals surface area contributed by atoms with E-state index in [2.05, 4.69) is 0 Å². The van der Waals surface area contributed by atoms with Crippen LogP contribution in [0.1, 0.15) is 15.9 Å². The van der Waals surface area contributed by atoms with Crippen molar-refractivity contribution in [1.29, 1.82) is 0 Å². The van der Waals surface area contributed by atoms with Crippen molar-refractivity contribution in [2.75, 3.05) is 0 Å². The van der Waals surface area contributed by atoms with Crippen molar-refractivity contribution in [3.8, 4) is 0 Å². The maximum Gasteiger partial charge on any atom is 0.335 e. The molecular formula is C12H11NO3S. The molecule has 2 aromatic rings. The summed E-state index contributed by atoms with van der Waals surface area (Å²) in [6, 6.07) is 4.61. The first kappa shape index (κ1) is 11.6. The molecule has 2 heterocycles. The molecule has 17 heavy (non-hydrogen) atoms. The van der Waals surface area contributed by atoms with E-state index in [-0.39, 0.29) is 11.1 Å². The number of aryl methyl sites for hydroxylation is 2. The predicted octanol–water partition coefficient (Wildman–Crippen LogP) is 1.85. The van der Waals surface area contributed by atoms with Crippen molar-refractivity contribution >= 4 is 17.3 Å². The number of hydrogen-bond acceptors (Lipinski definition) is 3. The number of aromatic nitrogens is 1. The van der Waals surface area contributed by atoms with E-state index in [1.807, 2.05) is 16.8 Å². The maximum absolute atomic E-state index is 11.6. The Balaban J connectivity index is 2.12. The van der Waals surface area contributed by atoms with Gasteiger partial charge in [-0.15, -0.1) is 0 Å². The molecule has 0 saturated carbocycles. The number of carbonyl (C=O) groups is 1. The Morgan fingerprint density at radius 1 is 1.41 bits per heavy atom. The van der Waals surface area contributed by atoms with Gasteiger partial charge in [-0.25, -0.2) is 4.79 Å². The molecule has 0 aliphatic heterocycles. The van der Waals surface area contributed by atoms with Crippen LogP contribution < -0.4 is 5.56 Å². The molecule has 4 nitrogen and oxygen atoms in total. The van der Waals surface area contributed by atoms with Gasteiger partial charge in [0, 0.05) is 18.8 Å². The molecule has 1 N–H and O–H groups in total. The van der Waals surface area contributed by atoms with Crippen molar-refractivity contribution < 1.29 is 9.90 Å². The SMILES string of the molecule is O=C(O)c1ccn(CCc2ccsc2)c(=O)c1. The normalized spacial score (nSPS) is 10.4. The summed E-state index contributed by atoms with van der Waals surface area (Å²) < 4.78 is 1.52. The van der Waals surface area contributed by atoms with Gasteiger partial charge in [-0.3, -0.25) is 4.79 Å². The van der Waals surface area contributed by atoms with Crippen LogP contribution >= 0.6 is 11.3 Å². The Morgan fingerprint density at radius 3 is 2.82 bits per heavy atom. The van der Waals surface area contributed by atoms with Crippen LogP contribution in [0.5, 0.6) is 0 Å². The van der Waals surface area contributed by atoms with Gasteiger partial charge in [0.2, 0.25) is 0 Å². The van der Waals surface area contributed by atoms with Crippen LogP contribution in [0.2, 0.25) is 0 Å². The van der Waals surface area contributed by atoms with Gasteiger partial charge in [-0.1, -0.05) is 0 Å². The van der Waals surface area contributed by atoms with Crippen molar-refractivity contribution in [3.05, 3.63) is 56.6 Å². The summed E-state index contributed by atoms with van der Waals surface area (Å²) in [5.41, 5.74) is 0.936. The highest BCUT2D eigenvalue weighted by atomic mass is 32.1. The molecule has 2 rings (SSSR count). The molecule has 0 fully saturated rings. The van der Waals surface area contributed by atoms with Gasteiger partial charge in [0.15, 0.2) is 0 Å². The molecule has 5 heteroatoms. The third-order valence-electron chi connectivity index (χ3n) is 2.46. The fourth-order valence-corrected chi connectivity index (χ4v) is 2.21. The molecule has 0 aliphatic rings. The second-order valence-electron chi connectivity index (χ2n) is 3.63. The highest BCUT2D eigenvalue weighted by Gasteiger charge is 2.04. The number of carboxylic acid groups (broad SMARTS) is 1. The van der Waals surface area contributed by atoms with Crippen molar-refractivity contribution in [2.24, 2.45) is 0 Å². The number of carboxylic acids is 1. The molecule has 0 aliphatic carbocycles. The molecule has 0 aromatic carbocycles. The highest BCUT2D eigenvalue weighted by molar-refractivity contribution is 7.07. The van der Waals surface area contributed by atoms with E-state index in [1.165, 1.54) is 22.4 Å². The Bertz CT molecular complexity index is 572. The van der Waals surface area contributed by atoms with Crippen LogP contribution in [0.25, 0.3) is 0 Å². The number of nitrogens with zero attached hydrogens (tertiary/aromatic N) is 1. The Hall–Kier alpha value is -1.88. The van der Waals surface area contributed by atoms with Crippen molar-refractivity contribution in [1.82, 2.24) is 4.57 Å². The van der Waals surface area contributed by atoms with E-state index in [0.29, 0.717) is 6.54 Å². The summed E-state index contributed by atoms with van der Waals surface area (Å²) in [5, 5.41) is 12.8. The first-order valence-corrected chi connectivity index (χ1v) is 6.06. The molecule has 0 bridgehead atoms. The topological polar surface area (TPSA) is 59.3 Å². The Kier molecular flexibility index (Phi) is 3.39. The fraction of sp³-hybridized carbons (Fsp3) is 0.167. The van der Waals surface area contributed by atoms with Gasteiger partial charge >= 0.3 is 5.97 Å². The van der Waals surface area contributed by atoms with Crippen LogP contribution in [0.3, 0.4) is 0 Å². The minimum Gasteiger partial charge on any atom is -0.478 e. The minimum absolute atomic E-state index is 0.0294. The first-order valence-electron chi connectivity index (χ1n) is 5.11. The number of rotatable bonds is 4. The summed E-state index contributed by atoms with van der Waals surface area (Å²) in [6.07, 6.45) is 2.30. The van der Waals surface area contributed by atoms with E-state index in [0.717, 1.165) is 12.5 Å². The Morgan fingerprint density at radius 2 is 2.24 bits per heavy atom. The van der Waals surface area contributed by atoms with Gasteiger partial charge in [-0.05, 0) is 34.9 Å². The van der Waals surface area contributed by atoms with E-state index >= 15 is 0 Å². The first-order chi connectivity index (χ1) is 8.16. The molecule has 2 aromatic heterocycles. The summed E-state index contributed by atoms with van der Waals surface area (Å²) in [5.74, 6) is -1.08. The minimum atomic E-state index is -1.08. The second kappa shape index (κ2) is 4.97. The average molecular weight is 249 g/mol. The molecular weight excluding hydrogens is 238 g/mol. The summed E-state index contributed by atoms with van der Waals surface area (Å²) >= 11 is 1.62. The quantitative estimate of drug-likeness (QED) is 0.899. The molecule has 0 spiro atoms. The van der Waals surface area contributed by atoms with E-state index in [1.54, 1.807) is 11.3 Å². The summed E-state index contributed by atoms with van der Waals surface area (Å²) in [6.45, 7) is 0.565. The third kappa shape index (κ3) is 2.82. The van der Waals surface area contributed by atoms with Crippen LogP contribution in [-0.2, 0) is 13.0 Å². The standard InChI is InChI=1S/C12H11NO3S/c14-11-7-10(12(15)16)2-5-13(11)4-1-9-3-6-17-8-9/h2-3,5-8H,1,4H2,(H,15,16). The molecule has 0 atom stereocenters. The highest BCUT2D eigenvalue weighted by Crippen LogP contribution is 2.07. The number of aromatic carboxylic acids is 1. The van der Waals surface area contributed by atoms with E-state index in [4.69, 9.17) is 5.11 Å². The summed E-state index contributed by atoms with van der Waals surface area (Å²) in [7, 11) is 0. The zero-order valence-corrected chi connectivity index (χ0v) is 9.81. The monoisotopic (exact) mass is 249 g/mol. The fourth-order valence-electron chi connectivity index (χ4n) is 1.51. The zero-order valence-electron chi connectivity index (χ0n) is 9.00. The molecule has 0 saturated heterocycles. The van der Waals surface area contributed by atoms with Gasteiger partial charge in [0.05, 0.1) is 5.56 Å². The van der Waals surface area contributed by atoms with Gasteiger partial charge in [0.1, 0.15) is 0 Å². The molecule has 88 valence electrons.